The second-order valence-corrected chi connectivity index (χ2v) is 10.5. The monoisotopic (exact) mass is 496 g/mol. The number of amides is 4. The zero-order chi connectivity index (χ0) is 25.2. The van der Waals surface area contributed by atoms with E-state index < -0.39 is 6.04 Å². The molecule has 0 aliphatic carbocycles. The third-order valence-corrected chi connectivity index (χ3v) is 8.29. The van der Waals surface area contributed by atoms with Crippen molar-refractivity contribution in [3.63, 3.8) is 0 Å². The highest BCUT2D eigenvalue weighted by molar-refractivity contribution is 6.05. The SMILES string of the molecule is CCOC(=O)N1CCC(CC2CCN(c3ccc4c(c3)CN(C3CCC(=O)NC3=O)C4=O)CC2)CC1. The van der Waals surface area contributed by atoms with Gasteiger partial charge < -0.3 is 19.4 Å². The number of nitrogens with zero attached hydrogens (tertiary/aromatic N) is 3. The van der Waals surface area contributed by atoms with Gasteiger partial charge in [0.1, 0.15) is 6.04 Å². The third-order valence-electron chi connectivity index (χ3n) is 8.29. The van der Waals surface area contributed by atoms with E-state index in [1.807, 2.05) is 24.0 Å². The molecule has 4 heterocycles. The fraction of sp³-hybridized carbons (Fsp3) is 0.630. The van der Waals surface area contributed by atoms with Gasteiger partial charge in [-0.1, -0.05) is 0 Å². The van der Waals surface area contributed by atoms with Crippen molar-refractivity contribution in [2.45, 2.75) is 64.5 Å². The Morgan fingerprint density at radius 2 is 1.69 bits per heavy atom. The number of hydrogen-bond acceptors (Lipinski definition) is 6. The Labute approximate surface area is 212 Å². The molecule has 5 rings (SSSR count). The molecule has 1 N–H and O–H groups in total. The number of likely N-dealkylation sites (tertiary alicyclic amines) is 1. The molecule has 36 heavy (non-hydrogen) atoms. The Balaban J connectivity index is 1.12. The van der Waals surface area contributed by atoms with E-state index in [0.29, 0.717) is 37.0 Å². The summed E-state index contributed by atoms with van der Waals surface area (Å²) in [4.78, 5) is 54.5. The molecule has 1 aromatic carbocycles. The fourth-order valence-electron chi connectivity index (χ4n) is 6.22. The Kier molecular flexibility index (Phi) is 7.16. The predicted octanol–water partition coefficient (Wildman–Crippen LogP) is 2.92. The van der Waals surface area contributed by atoms with Crippen molar-refractivity contribution < 1.29 is 23.9 Å². The van der Waals surface area contributed by atoms with Crippen molar-refractivity contribution in [2.75, 3.05) is 37.7 Å². The lowest BCUT2D eigenvalue weighted by Crippen LogP contribution is -2.52. The molecule has 4 aliphatic heterocycles. The molecule has 9 heteroatoms. The number of piperidine rings is 3. The van der Waals surface area contributed by atoms with Crippen molar-refractivity contribution in [1.82, 2.24) is 15.1 Å². The van der Waals surface area contributed by atoms with Crippen molar-refractivity contribution in [1.29, 1.82) is 0 Å². The summed E-state index contributed by atoms with van der Waals surface area (Å²) in [5.41, 5.74) is 2.75. The Hall–Kier alpha value is -3.10. The van der Waals surface area contributed by atoms with Gasteiger partial charge in [-0.15, -0.1) is 0 Å². The second-order valence-electron chi connectivity index (χ2n) is 10.5. The van der Waals surface area contributed by atoms with Crippen molar-refractivity contribution in [3.05, 3.63) is 29.3 Å². The number of ether oxygens (including phenoxy) is 1. The van der Waals surface area contributed by atoms with Gasteiger partial charge >= 0.3 is 6.09 Å². The molecular weight excluding hydrogens is 460 g/mol. The van der Waals surface area contributed by atoms with Crippen LogP contribution in [0.15, 0.2) is 18.2 Å². The summed E-state index contributed by atoms with van der Waals surface area (Å²) in [5.74, 6) is 0.615. The van der Waals surface area contributed by atoms with E-state index in [4.69, 9.17) is 4.74 Å². The van der Waals surface area contributed by atoms with Crippen LogP contribution in [0.1, 0.15) is 67.8 Å². The summed E-state index contributed by atoms with van der Waals surface area (Å²) >= 11 is 0. The first-order chi connectivity index (χ1) is 17.4. The van der Waals surface area contributed by atoms with Crippen molar-refractivity contribution in [2.24, 2.45) is 11.8 Å². The summed E-state index contributed by atoms with van der Waals surface area (Å²) in [7, 11) is 0. The van der Waals surface area contributed by atoms with Crippen molar-refractivity contribution >= 4 is 29.5 Å². The van der Waals surface area contributed by atoms with Gasteiger partial charge in [0.15, 0.2) is 0 Å². The standard InChI is InChI=1S/C27H36N4O5/c1-2-36-27(35)30-13-9-19(10-14-30)15-18-7-11-29(12-8-18)21-3-4-22-20(16-21)17-31(26(22)34)23-5-6-24(32)28-25(23)33/h3-4,16,18-19,23H,2,5-15,17H2,1H3,(H,28,32,33). The Bertz CT molecular complexity index is 1030. The van der Waals surface area contributed by atoms with E-state index in [-0.39, 0.29) is 30.2 Å². The number of fused-ring (bicyclic) bond motifs is 1. The highest BCUT2D eigenvalue weighted by Gasteiger charge is 2.39. The number of imide groups is 1. The number of carbonyl (C=O) groups excluding carboxylic acids is 4. The highest BCUT2D eigenvalue weighted by atomic mass is 16.6. The number of rotatable bonds is 5. The van der Waals surface area contributed by atoms with E-state index in [1.54, 1.807) is 4.90 Å². The molecule has 3 saturated heterocycles. The molecule has 0 bridgehead atoms. The first kappa shape index (κ1) is 24.6. The van der Waals surface area contributed by atoms with Gasteiger partial charge in [-0.05, 0) is 81.0 Å². The minimum Gasteiger partial charge on any atom is -0.450 e. The van der Waals surface area contributed by atoms with Crippen LogP contribution in [0.2, 0.25) is 0 Å². The number of carbonyl (C=O) groups is 4. The average Bonchev–Trinajstić information content (AvgIpc) is 3.20. The number of nitrogens with one attached hydrogen (secondary N) is 1. The maximum atomic E-state index is 13.0. The molecule has 1 aromatic rings. The molecular formula is C27H36N4O5. The van der Waals surface area contributed by atoms with E-state index in [1.165, 1.54) is 6.42 Å². The lowest BCUT2D eigenvalue weighted by molar-refractivity contribution is -0.136. The van der Waals surface area contributed by atoms with E-state index >= 15 is 0 Å². The van der Waals surface area contributed by atoms with Crippen LogP contribution in [0.5, 0.6) is 0 Å². The molecule has 4 amide bonds. The minimum absolute atomic E-state index is 0.126. The van der Waals surface area contributed by atoms with Crippen LogP contribution in [-0.2, 0) is 20.9 Å². The summed E-state index contributed by atoms with van der Waals surface area (Å²) in [6.45, 7) is 6.27. The van der Waals surface area contributed by atoms with Crippen LogP contribution in [0, 0.1) is 11.8 Å². The molecule has 9 nitrogen and oxygen atoms in total. The van der Waals surface area contributed by atoms with Crippen LogP contribution in [0.3, 0.4) is 0 Å². The van der Waals surface area contributed by atoms with Gasteiger partial charge in [-0.3, -0.25) is 19.7 Å². The van der Waals surface area contributed by atoms with Gasteiger partial charge in [0, 0.05) is 50.4 Å². The maximum absolute atomic E-state index is 13.0. The summed E-state index contributed by atoms with van der Waals surface area (Å²) in [6, 6.07) is 5.44. The molecule has 194 valence electrons. The third kappa shape index (κ3) is 5.06. The molecule has 0 radical (unpaired) electrons. The molecule has 1 unspecified atom stereocenters. The highest BCUT2D eigenvalue weighted by Crippen LogP contribution is 2.34. The molecule has 0 aromatic heterocycles. The zero-order valence-electron chi connectivity index (χ0n) is 21.0. The van der Waals surface area contributed by atoms with E-state index in [2.05, 4.69) is 16.3 Å². The second kappa shape index (κ2) is 10.5. The number of benzene rings is 1. The molecule has 4 aliphatic rings. The van der Waals surface area contributed by atoms with Crippen LogP contribution in [0.25, 0.3) is 0 Å². The molecule has 0 spiro atoms. The van der Waals surface area contributed by atoms with Gasteiger partial charge in [-0.25, -0.2) is 4.79 Å². The first-order valence-corrected chi connectivity index (χ1v) is 13.4. The number of hydrogen-bond donors (Lipinski definition) is 1. The van der Waals surface area contributed by atoms with Crippen molar-refractivity contribution in [3.8, 4) is 0 Å². The van der Waals surface area contributed by atoms with Gasteiger partial charge in [0.05, 0.1) is 6.61 Å². The Morgan fingerprint density at radius 3 is 2.36 bits per heavy atom. The lowest BCUT2D eigenvalue weighted by atomic mass is 9.83. The normalized spacial score (nSPS) is 23.6. The quantitative estimate of drug-likeness (QED) is 0.630. The number of anilines is 1. The molecule has 1 atom stereocenters. The topological polar surface area (TPSA) is 99.3 Å². The van der Waals surface area contributed by atoms with Crippen LogP contribution in [0.4, 0.5) is 10.5 Å². The lowest BCUT2D eigenvalue weighted by Gasteiger charge is -2.37. The average molecular weight is 497 g/mol. The minimum atomic E-state index is -0.578. The van der Waals surface area contributed by atoms with Crippen LogP contribution >= 0.6 is 0 Å². The zero-order valence-corrected chi connectivity index (χ0v) is 21.0. The Morgan fingerprint density at radius 1 is 1.00 bits per heavy atom. The predicted molar refractivity (Wildman–Crippen MR) is 133 cm³/mol. The fourth-order valence-corrected chi connectivity index (χ4v) is 6.22. The summed E-state index contributed by atoms with van der Waals surface area (Å²) in [6.07, 6.45) is 6.11. The van der Waals surface area contributed by atoms with Gasteiger partial charge in [-0.2, -0.15) is 0 Å². The summed E-state index contributed by atoms with van der Waals surface area (Å²) < 4.78 is 5.13. The first-order valence-electron chi connectivity index (χ1n) is 13.4. The molecule has 0 saturated carbocycles. The van der Waals surface area contributed by atoms with Crippen LogP contribution in [-0.4, -0.2) is 72.4 Å². The van der Waals surface area contributed by atoms with Gasteiger partial charge in [0.25, 0.3) is 5.91 Å². The maximum Gasteiger partial charge on any atom is 0.409 e. The largest absolute Gasteiger partial charge is 0.450 e. The van der Waals surface area contributed by atoms with Crippen LogP contribution < -0.4 is 10.2 Å². The molecule has 3 fully saturated rings. The van der Waals surface area contributed by atoms with Gasteiger partial charge in [0.2, 0.25) is 11.8 Å². The van der Waals surface area contributed by atoms with E-state index in [9.17, 15) is 19.2 Å². The van der Waals surface area contributed by atoms with E-state index in [0.717, 1.165) is 63.1 Å². The summed E-state index contributed by atoms with van der Waals surface area (Å²) in [5, 5.41) is 2.36. The smallest absolute Gasteiger partial charge is 0.409 e.